The predicted molar refractivity (Wildman–Crippen MR) is 79.5 cm³/mol. The maximum atomic E-state index is 13.0. The number of hydrogen-bond donors (Lipinski definition) is 1. The summed E-state index contributed by atoms with van der Waals surface area (Å²) in [4.78, 5) is 15.4. The van der Waals surface area contributed by atoms with Crippen molar-refractivity contribution in [2.75, 3.05) is 13.2 Å². The van der Waals surface area contributed by atoms with Crippen molar-refractivity contribution in [3.05, 3.63) is 54.0 Å². The zero-order chi connectivity index (χ0) is 18.3. The van der Waals surface area contributed by atoms with Gasteiger partial charge in [-0.05, 0) is 18.2 Å². The fourth-order valence-electron chi connectivity index (χ4n) is 1.79. The molecule has 0 unspecified atom stereocenters. The van der Waals surface area contributed by atoms with Crippen LogP contribution in [0.15, 0.2) is 42.6 Å². The Labute approximate surface area is 140 Å². The van der Waals surface area contributed by atoms with Crippen molar-refractivity contribution in [1.29, 1.82) is 0 Å². The largest absolute Gasteiger partial charge is 0.484 e. The van der Waals surface area contributed by atoms with E-state index in [0.29, 0.717) is 0 Å². The van der Waals surface area contributed by atoms with Crippen LogP contribution in [0.4, 0.5) is 17.6 Å². The van der Waals surface area contributed by atoms with Gasteiger partial charge in [0.05, 0.1) is 0 Å². The van der Waals surface area contributed by atoms with Gasteiger partial charge in [0, 0.05) is 24.4 Å². The second-order valence-corrected chi connectivity index (χ2v) is 4.89. The van der Waals surface area contributed by atoms with Crippen molar-refractivity contribution in [1.82, 2.24) is 10.3 Å². The number of carbonyl (C=O) groups is 1. The van der Waals surface area contributed by atoms with Crippen molar-refractivity contribution in [2.24, 2.45) is 0 Å². The normalized spacial score (nSPS) is 11.0. The third-order valence-corrected chi connectivity index (χ3v) is 2.86. The number of amides is 1. The second kappa shape index (κ2) is 8.32. The van der Waals surface area contributed by atoms with Crippen LogP contribution in [0.2, 0.25) is 0 Å². The van der Waals surface area contributed by atoms with Crippen LogP contribution in [0.5, 0.6) is 11.6 Å². The Kier molecular flexibility index (Phi) is 6.15. The van der Waals surface area contributed by atoms with Gasteiger partial charge in [0.25, 0.3) is 5.91 Å². The molecule has 0 saturated carbocycles. The molecule has 25 heavy (non-hydrogen) atoms. The van der Waals surface area contributed by atoms with E-state index in [-0.39, 0.29) is 30.3 Å². The smallest absolute Gasteiger partial charge is 0.422 e. The highest BCUT2D eigenvalue weighted by Crippen LogP contribution is 2.19. The maximum absolute atomic E-state index is 13.0. The van der Waals surface area contributed by atoms with Gasteiger partial charge in [0.1, 0.15) is 11.6 Å². The van der Waals surface area contributed by atoms with E-state index in [2.05, 4.69) is 15.0 Å². The number of carbonyl (C=O) groups excluding carboxylic acids is 1. The van der Waals surface area contributed by atoms with Crippen molar-refractivity contribution in [3.8, 4) is 11.6 Å². The Balaban J connectivity index is 1.85. The van der Waals surface area contributed by atoms with Crippen LogP contribution in [0.25, 0.3) is 0 Å². The lowest BCUT2D eigenvalue weighted by atomic mass is 10.2. The molecule has 1 heterocycles. The molecule has 0 aliphatic carbocycles. The number of alkyl halides is 3. The molecule has 0 aliphatic heterocycles. The first-order chi connectivity index (χ1) is 11.8. The predicted octanol–water partition coefficient (Wildman–Crippen LogP) is 2.86. The van der Waals surface area contributed by atoms with Crippen molar-refractivity contribution >= 4 is 5.91 Å². The summed E-state index contributed by atoms with van der Waals surface area (Å²) in [6.07, 6.45) is -3.21. The molecule has 1 amide bonds. The monoisotopic (exact) mass is 358 g/mol. The molecule has 0 fully saturated rings. The van der Waals surface area contributed by atoms with Crippen molar-refractivity contribution in [3.63, 3.8) is 0 Å². The molecular weight excluding hydrogens is 344 g/mol. The van der Waals surface area contributed by atoms with Crippen LogP contribution < -0.4 is 14.8 Å². The van der Waals surface area contributed by atoms with E-state index in [0.717, 1.165) is 6.07 Å². The molecule has 0 atom stereocenters. The summed E-state index contributed by atoms with van der Waals surface area (Å²) in [5.41, 5.74) is 0.283. The third-order valence-electron chi connectivity index (χ3n) is 2.86. The summed E-state index contributed by atoms with van der Waals surface area (Å²) >= 11 is 0. The SMILES string of the molecule is O=C(COc1cccc(F)c1)NCc1cccnc1OCC(F)(F)F. The summed E-state index contributed by atoms with van der Waals surface area (Å²) in [5, 5.41) is 2.46. The Bertz CT molecular complexity index is 723. The van der Waals surface area contributed by atoms with Gasteiger partial charge in [-0.3, -0.25) is 4.79 Å². The number of rotatable bonds is 7. The minimum Gasteiger partial charge on any atom is -0.484 e. The van der Waals surface area contributed by atoms with Crippen LogP contribution in [0.3, 0.4) is 0 Å². The van der Waals surface area contributed by atoms with Crippen LogP contribution in [0.1, 0.15) is 5.56 Å². The molecule has 2 rings (SSSR count). The first-order valence-electron chi connectivity index (χ1n) is 7.12. The first-order valence-corrected chi connectivity index (χ1v) is 7.12. The lowest BCUT2D eigenvalue weighted by Gasteiger charge is -2.12. The molecular formula is C16H14F4N2O3. The van der Waals surface area contributed by atoms with E-state index in [4.69, 9.17) is 4.74 Å². The molecule has 134 valence electrons. The molecule has 0 saturated heterocycles. The fourth-order valence-corrected chi connectivity index (χ4v) is 1.79. The molecule has 0 radical (unpaired) electrons. The van der Waals surface area contributed by atoms with Crippen LogP contribution in [0, 0.1) is 5.82 Å². The van der Waals surface area contributed by atoms with Gasteiger partial charge in [0.15, 0.2) is 13.2 Å². The van der Waals surface area contributed by atoms with Crippen LogP contribution in [-0.4, -0.2) is 30.3 Å². The van der Waals surface area contributed by atoms with E-state index in [1.54, 1.807) is 0 Å². The first kappa shape index (κ1) is 18.5. The van der Waals surface area contributed by atoms with E-state index < -0.39 is 24.5 Å². The number of benzene rings is 1. The zero-order valence-electron chi connectivity index (χ0n) is 12.8. The van der Waals surface area contributed by atoms with Gasteiger partial charge < -0.3 is 14.8 Å². The Morgan fingerprint density at radius 3 is 2.68 bits per heavy atom. The highest BCUT2D eigenvalue weighted by Gasteiger charge is 2.29. The standard InChI is InChI=1S/C16H14F4N2O3/c17-12-4-1-5-13(7-12)24-9-14(23)22-8-11-3-2-6-21-15(11)25-10-16(18,19)20/h1-7H,8-10H2,(H,22,23). The van der Waals surface area contributed by atoms with Crippen molar-refractivity contribution in [2.45, 2.75) is 12.7 Å². The van der Waals surface area contributed by atoms with Crippen LogP contribution >= 0.6 is 0 Å². The minimum atomic E-state index is -4.49. The van der Waals surface area contributed by atoms with E-state index in [9.17, 15) is 22.4 Å². The minimum absolute atomic E-state index is 0.0909. The molecule has 1 aromatic heterocycles. The molecule has 0 aliphatic rings. The fraction of sp³-hybridized carbons (Fsp3) is 0.250. The quantitative estimate of drug-likeness (QED) is 0.774. The van der Waals surface area contributed by atoms with Gasteiger partial charge in [-0.25, -0.2) is 9.37 Å². The Hall–Kier alpha value is -2.84. The average Bonchev–Trinajstić information content (AvgIpc) is 2.56. The molecule has 2 aromatic rings. The maximum Gasteiger partial charge on any atom is 0.422 e. The van der Waals surface area contributed by atoms with Gasteiger partial charge in [-0.2, -0.15) is 13.2 Å². The van der Waals surface area contributed by atoms with Gasteiger partial charge in [-0.1, -0.05) is 12.1 Å². The van der Waals surface area contributed by atoms with E-state index >= 15 is 0 Å². The summed E-state index contributed by atoms with van der Waals surface area (Å²) in [6.45, 7) is -1.94. The molecule has 5 nitrogen and oxygen atoms in total. The number of aromatic nitrogens is 1. The summed E-state index contributed by atoms with van der Waals surface area (Å²) in [7, 11) is 0. The molecule has 0 bridgehead atoms. The molecule has 0 spiro atoms. The lowest BCUT2D eigenvalue weighted by Crippen LogP contribution is -2.29. The third kappa shape index (κ3) is 6.66. The number of nitrogens with zero attached hydrogens (tertiary/aromatic N) is 1. The Morgan fingerprint density at radius 1 is 1.16 bits per heavy atom. The van der Waals surface area contributed by atoms with E-state index in [1.165, 1.54) is 36.5 Å². The second-order valence-electron chi connectivity index (χ2n) is 4.89. The van der Waals surface area contributed by atoms with Crippen LogP contribution in [-0.2, 0) is 11.3 Å². The summed E-state index contributed by atoms with van der Waals surface area (Å²) < 4.78 is 59.3. The highest BCUT2D eigenvalue weighted by atomic mass is 19.4. The Morgan fingerprint density at radius 2 is 1.96 bits per heavy atom. The lowest BCUT2D eigenvalue weighted by molar-refractivity contribution is -0.154. The molecule has 1 aromatic carbocycles. The number of ether oxygens (including phenoxy) is 2. The van der Waals surface area contributed by atoms with Gasteiger partial charge >= 0.3 is 6.18 Å². The van der Waals surface area contributed by atoms with E-state index in [1.807, 2.05) is 0 Å². The summed E-state index contributed by atoms with van der Waals surface area (Å²) in [6, 6.07) is 8.26. The molecule has 9 heteroatoms. The number of hydrogen-bond acceptors (Lipinski definition) is 4. The average molecular weight is 358 g/mol. The summed E-state index contributed by atoms with van der Waals surface area (Å²) in [5.74, 6) is -1.06. The van der Waals surface area contributed by atoms with Gasteiger partial charge in [0.2, 0.25) is 5.88 Å². The number of pyridine rings is 1. The van der Waals surface area contributed by atoms with Crippen molar-refractivity contribution < 1.29 is 31.8 Å². The molecule has 1 N–H and O–H groups in total. The number of halogens is 4. The zero-order valence-corrected chi connectivity index (χ0v) is 12.8. The topological polar surface area (TPSA) is 60.5 Å². The number of nitrogens with one attached hydrogen (secondary N) is 1. The highest BCUT2D eigenvalue weighted by molar-refractivity contribution is 5.77. The van der Waals surface area contributed by atoms with Gasteiger partial charge in [-0.15, -0.1) is 0 Å².